The smallest absolute Gasteiger partial charge is 0.247 e. The number of nitrogens with zero attached hydrogens (tertiary/aromatic N) is 1. The minimum absolute atomic E-state index is 0.0270. The zero-order valence-electron chi connectivity index (χ0n) is 5.24. The lowest BCUT2D eigenvalue weighted by Crippen LogP contribution is -2.58. The maximum atomic E-state index is 10.7. The molecule has 1 amide bonds. The SMILES string of the molecule is NC1=NC(N)C(N)C(=O)N1. The van der Waals surface area contributed by atoms with Crippen molar-refractivity contribution in [2.24, 2.45) is 22.2 Å². The Kier molecular flexibility index (Phi) is 1.56. The average Bonchev–Trinajstić information content (AvgIpc) is 1.82. The second-order valence-electron chi connectivity index (χ2n) is 2.02. The lowest BCUT2D eigenvalue weighted by atomic mass is 10.2. The molecule has 6 heteroatoms. The lowest BCUT2D eigenvalue weighted by molar-refractivity contribution is -0.121. The van der Waals surface area contributed by atoms with Gasteiger partial charge in [-0.15, -0.1) is 0 Å². The quantitative estimate of drug-likeness (QED) is 0.289. The van der Waals surface area contributed by atoms with Gasteiger partial charge in [-0.3, -0.25) is 10.1 Å². The van der Waals surface area contributed by atoms with E-state index in [2.05, 4.69) is 10.3 Å². The summed E-state index contributed by atoms with van der Waals surface area (Å²) >= 11 is 0. The monoisotopic (exact) mass is 143 g/mol. The normalized spacial score (nSPS) is 33.0. The van der Waals surface area contributed by atoms with E-state index in [0.29, 0.717) is 0 Å². The van der Waals surface area contributed by atoms with Crippen LogP contribution in [0.5, 0.6) is 0 Å². The molecule has 10 heavy (non-hydrogen) atoms. The number of hydrogen-bond acceptors (Lipinski definition) is 5. The molecule has 0 spiro atoms. The van der Waals surface area contributed by atoms with Crippen LogP contribution in [-0.2, 0) is 4.79 Å². The summed E-state index contributed by atoms with van der Waals surface area (Å²) in [4.78, 5) is 14.4. The van der Waals surface area contributed by atoms with Gasteiger partial charge >= 0.3 is 0 Å². The van der Waals surface area contributed by atoms with E-state index >= 15 is 0 Å². The summed E-state index contributed by atoms with van der Waals surface area (Å²) in [6, 6.07) is -0.785. The Morgan fingerprint density at radius 1 is 1.50 bits per heavy atom. The predicted octanol–water partition coefficient (Wildman–Crippen LogP) is -2.96. The maximum Gasteiger partial charge on any atom is 0.247 e. The van der Waals surface area contributed by atoms with Crippen molar-refractivity contribution in [3.8, 4) is 0 Å². The van der Waals surface area contributed by atoms with Gasteiger partial charge in [-0.05, 0) is 0 Å². The molecule has 0 bridgehead atoms. The number of hydrogen-bond donors (Lipinski definition) is 4. The van der Waals surface area contributed by atoms with Crippen LogP contribution >= 0.6 is 0 Å². The molecule has 0 aromatic rings. The highest BCUT2D eigenvalue weighted by Gasteiger charge is 2.25. The van der Waals surface area contributed by atoms with E-state index in [1.807, 2.05) is 0 Å². The van der Waals surface area contributed by atoms with Gasteiger partial charge < -0.3 is 17.2 Å². The van der Waals surface area contributed by atoms with E-state index in [9.17, 15) is 4.79 Å². The van der Waals surface area contributed by atoms with Crippen LogP contribution in [0.1, 0.15) is 0 Å². The van der Waals surface area contributed by atoms with Gasteiger partial charge in [0, 0.05) is 0 Å². The van der Waals surface area contributed by atoms with Gasteiger partial charge in [0.15, 0.2) is 5.96 Å². The fourth-order valence-corrected chi connectivity index (χ4v) is 0.638. The molecular formula is C4H9N5O. The van der Waals surface area contributed by atoms with Crippen LogP contribution in [0, 0.1) is 0 Å². The standard InChI is InChI=1S/C4H9N5O/c5-1-2(6)8-4(7)9-3(1)10/h1-2H,5-6H2,(H3,7,8,9,10). The summed E-state index contributed by atoms with van der Waals surface area (Å²) in [5.74, 6) is -0.362. The first-order chi connectivity index (χ1) is 4.61. The molecule has 1 aliphatic heterocycles. The van der Waals surface area contributed by atoms with Gasteiger partial charge in [-0.2, -0.15) is 0 Å². The van der Waals surface area contributed by atoms with Crippen molar-refractivity contribution in [2.45, 2.75) is 12.2 Å². The first kappa shape index (κ1) is 6.97. The molecule has 1 aliphatic rings. The van der Waals surface area contributed by atoms with Crippen molar-refractivity contribution in [3.05, 3.63) is 0 Å². The third-order valence-corrected chi connectivity index (χ3v) is 1.21. The molecular weight excluding hydrogens is 134 g/mol. The Morgan fingerprint density at radius 3 is 2.60 bits per heavy atom. The molecule has 7 N–H and O–H groups in total. The van der Waals surface area contributed by atoms with Crippen LogP contribution in [0.15, 0.2) is 4.99 Å². The Labute approximate surface area is 57.5 Å². The van der Waals surface area contributed by atoms with Crippen LogP contribution in [0.4, 0.5) is 0 Å². The number of nitrogens with two attached hydrogens (primary N) is 3. The number of carbonyl (C=O) groups is 1. The summed E-state index contributed by atoms with van der Waals surface area (Å²) in [5, 5.41) is 2.24. The fraction of sp³-hybridized carbons (Fsp3) is 0.500. The van der Waals surface area contributed by atoms with Crippen molar-refractivity contribution in [2.75, 3.05) is 0 Å². The molecule has 1 rings (SSSR count). The number of carbonyl (C=O) groups excluding carboxylic acids is 1. The van der Waals surface area contributed by atoms with E-state index in [-0.39, 0.29) is 11.9 Å². The number of amides is 1. The third kappa shape index (κ3) is 1.07. The largest absolute Gasteiger partial charge is 0.370 e. The first-order valence-electron chi connectivity index (χ1n) is 2.76. The van der Waals surface area contributed by atoms with Crippen molar-refractivity contribution in [1.29, 1.82) is 0 Å². The average molecular weight is 143 g/mol. The van der Waals surface area contributed by atoms with Crippen molar-refractivity contribution in [3.63, 3.8) is 0 Å². The van der Waals surface area contributed by atoms with E-state index in [0.717, 1.165) is 0 Å². The lowest BCUT2D eigenvalue weighted by Gasteiger charge is -2.20. The van der Waals surface area contributed by atoms with Crippen molar-refractivity contribution in [1.82, 2.24) is 5.32 Å². The third-order valence-electron chi connectivity index (χ3n) is 1.21. The Hall–Kier alpha value is -1.14. The minimum atomic E-state index is -0.785. The zero-order valence-corrected chi connectivity index (χ0v) is 5.24. The Balaban J connectivity index is 2.79. The topological polar surface area (TPSA) is 120 Å². The Morgan fingerprint density at radius 2 is 2.10 bits per heavy atom. The first-order valence-corrected chi connectivity index (χ1v) is 2.76. The molecule has 56 valence electrons. The number of nitrogens with one attached hydrogen (secondary N) is 1. The van der Waals surface area contributed by atoms with E-state index < -0.39 is 12.2 Å². The summed E-state index contributed by atoms with van der Waals surface area (Å²) < 4.78 is 0. The second kappa shape index (κ2) is 2.24. The van der Waals surface area contributed by atoms with E-state index in [1.165, 1.54) is 0 Å². The summed E-state index contributed by atoms with van der Waals surface area (Å²) in [7, 11) is 0. The maximum absolute atomic E-state index is 10.7. The van der Waals surface area contributed by atoms with Gasteiger partial charge in [0.2, 0.25) is 5.91 Å². The van der Waals surface area contributed by atoms with Gasteiger partial charge in [-0.25, -0.2) is 4.99 Å². The molecule has 0 aromatic heterocycles. The van der Waals surface area contributed by atoms with Crippen molar-refractivity contribution < 1.29 is 4.79 Å². The van der Waals surface area contributed by atoms with Gasteiger partial charge in [0.1, 0.15) is 12.2 Å². The molecule has 0 saturated heterocycles. The summed E-state index contributed by atoms with van der Waals surface area (Å²) in [6.45, 7) is 0. The molecule has 0 fully saturated rings. The molecule has 1 heterocycles. The minimum Gasteiger partial charge on any atom is -0.370 e. The number of rotatable bonds is 0. The van der Waals surface area contributed by atoms with Gasteiger partial charge in [0.25, 0.3) is 0 Å². The molecule has 0 aromatic carbocycles. The zero-order chi connectivity index (χ0) is 7.72. The molecule has 0 saturated carbocycles. The van der Waals surface area contributed by atoms with Crippen LogP contribution < -0.4 is 22.5 Å². The highest BCUT2D eigenvalue weighted by molar-refractivity contribution is 6.00. The molecule has 0 radical (unpaired) electrons. The highest BCUT2D eigenvalue weighted by atomic mass is 16.2. The predicted molar refractivity (Wildman–Crippen MR) is 35.7 cm³/mol. The van der Waals surface area contributed by atoms with Gasteiger partial charge in [0.05, 0.1) is 0 Å². The number of aliphatic imine (C=N–C) groups is 1. The van der Waals surface area contributed by atoms with E-state index in [4.69, 9.17) is 17.2 Å². The van der Waals surface area contributed by atoms with Crippen molar-refractivity contribution >= 4 is 11.9 Å². The van der Waals surface area contributed by atoms with Crippen LogP contribution in [-0.4, -0.2) is 24.1 Å². The fourth-order valence-electron chi connectivity index (χ4n) is 0.638. The van der Waals surface area contributed by atoms with Crippen LogP contribution in [0.2, 0.25) is 0 Å². The Bertz CT molecular complexity index is 188. The van der Waals surface area contributed by atoms with Gasteiger partial charge in [-0.1, -0.05) is 0 Å². The highest BCUT2D eigenvalue weighted by Crippen LogP contribution is 1.93. The molecule has 6 nitrogen and oxygen atoms in total. The van der Waals surface area contributed by atoms with Crippen LogP contribution in [0.3, 0.4) is 0 Å². The molecule has 2 atom stereocenters. The van der Waals surface area contributed by atoms with Crippen LogP contribution in [0.25, 0.3) is 0 Å². The number of guanidine groups is 1. The molecule has 2 unspecified atom stereocenters. The molecule has 0 aliphatic carbocycles. The second-order valence-corrected chi connectivity index (χ2v) is 2.02. The van der Waals surface area contributed by atoms with E-state index in [1.54, 1.807) is 0 Å². The summed E-state index contributed by atoms with van der Waals surface area (Å²) in [5.41, 5.74) is 15.8. The summed E-state index contributed by atoms with van der Waals surface area (Å²) in [6.07, 6.45) is -0.714.